The number of hydrogen-bond acceptors (Lipinski definition) is 3. The van der Waals surface area contributed by atoms with E-state index in [4.69, 9.17) is 4.74 Å². The van der Waals surface area contributed by atoms with Gasteiger partial charge in [-0.25, -0.2) is 0 Å². The minimum Gasteiger partial charge on any atom is -0.461 e. The predicted molar refractivity (Wildman–Crippen MR) is 99.1 cm³/mol. The molecule has 0 aliphatic heterocycles. The van der Waals surface area contributed by atoms with E-state index < -0.39 is 0 Å². The van der Waals surface area contributed by atoms with Crippen molar-refractivity contribution in [3.8, 4) is 0 Å². The van der Waals surface area contributed by atoms with Crippen LogP contribution in [0.15, 0.2) is 36.5 Å². The van der Waals surface area contributed by atoms with Gasteiger partial charge in [-0.3, -0.25) is 9.59 Å². The first-order chi connectivity index (χ1) is 12.5. The highest BCUT2D eigenvalue weighted by atomic mass is 16.5. The number of allylic oxidation sites excluding steroid dienone is 4. The Balaban J connectivity index is 1.44. The third kappa shape index (κ3) is 2.25. The molecule has 138 valence electrons. The zero-order valence-corrected chi connectivity index (χ0v) is 15.5. The molecule has 0 aromatic rings. The molecular formula is C23H28O3. The van der Waals surface area contributed by atoms with Crippen molar-refractivity contribution in [1.82, 2.24) is 0 Å². The van der Waals surface area contributed by atoms with Gasteiger partial charge in [0.25, 0.3) is 0 Å². The van der Waals surface area contributed by atoms with Crippen LogP contribution in [-0.4, -0.2) is 17.9 Å². The summed E-state index contributed by atoms with van der Waals surface area (Å²) in [7, 11) is 0. The molecule has 0 N–H and O–H groups in total. The van der Waals surface area contributed by atoms with Gasteiger partial charge in [-0.05, 0) is 72.8 Å². The lowest BCUT2D eigenvalue weighted by atomic mass is 9.53. The van der Waals surface area contributed by atoms with Crippen LogP contribution in [-0.2, 0) is 14.3 Å². The predicted octanol–water partition coefficient (Wildman–Crippen LogP) is 4.25. The molecule has 0 heterocycles. The lowest BCUT2D eigenvalue weighted by molar-refractivity contribution is -0.160. The second kappa shape index (κ2) is 5.68. The maximum Gasteiger partial charge on any atom is 0.309 e. The Morgan fingerprint density at radius 2 is 2.19 bits per heavy atom. The molecule has 0 radical (unpaired) electrons. The molecule has 0 saturated heterocycles. The van der Waals surface area contributed by atoms with Crippen LogP contribution >= 0.6 is 0 Å². The summed E-state index contributed by atoms with van der Waals surface area (Å²) in [6.45, 7) is 6.03. The number of carbonyl (C=O) groups excluding carboxylic acids is 2. The molecule has 5 aliphatic carbocycles. The van der Waals surface area contributed by atoms with Crippen molar-refractivity contribution in [2.24, 2.45) is 40.9 Å². The number of hydrogen-bond donors (Lipinski definition) is 0. The van der Waals surface area contributed by atoms with Crippen LogP contribution in [0.4, 0.5) is 0 Å². The van der Waals surface area contributed by atoms with Crippen molar-refractivity contribution in [3.05, 3.63) is 36.5 Å². The van der Waals surface area contributed by atoms with Crippen LogP contribution in [0.2, 0.25) is 0 Å². The zero-order valence-electron chi connectivity index (χ0n) is 15.5. The molecule has 3 fully saturated rings. The van der Waals surface area contributed by atoms with Crippen LogP contribution in [0.25, 0.3) is 0 Å². The first-order valence-corrected chi connectivity index (χ1v) is 10.3. The smallest absolute Gasteiger partial charge is 0.309 e. The number of esters is 1. The molecule has 0 amide bonds. The molecule has 8 atom stereocenters. The molecule has 0 bridgehead atoms. The Morgan fingerprint density at radius 1 is 1.35 bits per heavy atom. The second-order valence-corrected chi connectivity index (χ2v) is 9.39. The van der Waals surface area contributed by atoms with E-state index in [2.05, 4.69) is 25.7 Å². The van der Waals surface area contributed by atoms with E-state index in [9.17, 15) is 9.59 Å². The minimum atomic E-state index is -0.116. The molecule has 0 aromatic carbocycles. The van der Waals surface area contributed by atoms with E-state index in [1.165, 1.54) is 18.4 Å². The Bertz CT molecular complexity index is 732. The van der Waals surface area contributed by atoms with Gasteiger partial charge in [0, 0.05) is 11.8 Å². The molecule has 5 aliphatic rings. The summed E-state index contributed by atoms with van der Waals surface area (Å²) >= 11 is 0. The summed E-state index contributed by atoms with van der Waals surface area (Å²) in [6.07, 6.45) is 13.8. The minimum absolute atomic E-state index is 0.0872. The molecule has 5 rings (SSSR count). The van der Waals surface area contributed by atoms with Gasteiger partial charge in [0.2, 0.25) is 0 Å². The first-order valence-electron chi connectivity index (χ1n) is 10.3. The maximum absolute atomic E-state index is 12.1. The van der Waals surface area contributed by atoms with Gasteiger partial charge in [-0.15, -0.1) is 6.58 Å². The Morgan fingerprint density at radius 3 is 3.00 bits per heavy atom. The molecule has 3 nitrogen and oxygen atoms in total. The fraction of sp³-hybridized carbons (Fsp3) is 0.652. The Labute approximate surface area is 155 Å². The van der Waals surface area contributed by atoms with Crippen LogP contribution in [0.1, 0.15) is 45.4 Å². The normalized spacial score (nSPS) is 47.8. The average molecular weight is 352 g/mol. The van der Waals surface area contributed by atoms with Crippen molar-refractivity contribution < 1.29 is 14.3 Å². The third-order valence-electron chi connectivity index (χ3n) is 8.13. The maximum atomic E-state index is 12.1. The summed E-state index contributed by atoms with van der Waals surface area (Å²) in [5, 5.41) is 0. The summed E-state index contributed by atoms with van der Waals surface area (Å²) < 4.78 is 5.99. The average Bonchev–Trinajstić information content (AvgIpc) is 3.34. The van der Waals surface area contributed by atoms with E-state index in [-0.39, 0.29) is 23.3 Å². The molecular weight excluding hydrogens is 324 g/mol. The van der Waals surface area contributed by atoms with Crippen LogP contribution in [0.3, 0.4) is 0 Å². The van der Waals surface area contributed by atoms with Gasteiger partial charge >= 0.3 is 5.97 Å². The van der Waals surface area contributed by atoms with E-state index in [0.717, 1.165) is 18.8 Å². The summed E-state index contributed by atoms with van der Waals surface area (Å²) in [4.78, 5) is 23.9. The monoisotopic (exact) mass is 352 g/mol. The standard InChI is InChI=1S/C23H28O3/c1-3-4-20(25)26-22-19-12-18(19)21-17-7-5-13-11-14(24)6-8-15(13)16(17)9-10-23(21,22)2/h3,5,7,11,15-19,21-22H,1,4,6,8-10,12H2,2H3/t15?,16?,17?,18-,19?,21?,22?,23?/m0/s1. The van der Waals surface area contributed by atoms with E-state index in [0.29, 0.717) is 42.4 Å². The fourth-order valence-electron chi connectivity index (χ4n) is 7.08. The molecule has 26 heavy (non-hydrogen) atoms. The van der Waals surface area contributed by atoms with Crippen LogP contribution in [0, 0.1) is 40.9 Å². The van der Waals surface area contributed by atoms with E-state index >= 15 is 0 Å². The zero-order chi connectivity index (χ0) is 18.1. The van der Waals surface area contributed by atoms with Crippen molar-refractivity contribution in [2.75, 3.05) is 0 Å². The number of ketones is 1. The van der Waals surface area contributed by atoms with Gasteiger partial charge in [0.05, 0.1) is 6.42 Å². The third-order valence-corrected chi connectivity index (χ3v) is 8.13. The number of fused-ring (bicyclic) bond motifs is 7. The number of rotatable bonds is 3. The lowest BCUT2D eigenvalue weighted by Gasteiger charge is -2.52. The first kappa shape index (κ1) is 16.5. The van der Waals surface area contributed by atoms with Crippen molar-refractivity contribution in [1.29, 1.82) is 0 Å². The Kier molecular flexibility index (Phi) is 3.61. The molecule has 0 aromatic heterocycles. The largest absolute Gasteiger partial charge is 0.461 e. The topological polar surface area (TPSA) is 43.4 Å². The number of ether oxygens (including phenoxy) is 1. The quantitative estimate of drug-likeness (QED) is 0.563. The highest BCUT2D eigenvalue weighted by molar-refractivity contribution is 5.92. The summed E-state index contributed by atoms with van der Waals surface area (Å²) in [5.74, 6) is 3.90. The van der Waals surface area contributed by atoms with Crippen LogP contribution in [0.5, 0.6) is 0 Å². The lowest BCUT2D eigenvalue weighted by Crippen LogP contribution is -2.49. The van der Waals surface area contributed by atoms with Gasteiger partial charge in [-0.1, -0.05) is 25.2 Å². The van der Waals surface area contributed by atoms with E-state index in [1.54, 1.807) is 6.08 Å². The van der Waals surface area contributed by atoms with Crippen molar-refractivity contribution in [2.45, 2.75) is 51.6 Å². The van der Waals surface area contributed by atoms with Gasteiger partial charge in [-0.2, -0.15) is 0 Å². The van der Waals surface area contributed by atoms with Crippen molar-refractivity contribution in [3.63, 3.8) is 0 Å². The molecule has 3 saturated carbocycles. The van der Waals surface area contributed by atoms with Gasteiger partial charge < -0.3 is 4.74 Å². The number of carbonyl (C=O) groups is 2. The van der Waals surface area contributed by atoms with Gasteiger partial charge in [0.15, 0.2) is 5.78 Å². The Hall–Kier alpha value is -1.64. The molecule has 7 unspecified atom stereocenters. The molecule has 0 spiro atoms. The molecule has 3 heteroatoms. The summed E-state index contributed by atoms with van der Waals surface area (Å²) in [5.41, 5.74) is 1.38. The van der Waals surface area contributed by atoms with Crippen LogP contribution < -0.4 is 0 Å². The fourth-order valence-corrected chi connectivity index (χ4v) is 7.08. The highest BCUT2D eigenvalue weighted by Crippen LogP contribution is 2.72. The second-order valence-electron chi connectivity index (χ2n) is 9.39. The highest BCUT2D eigenvalue weighted by Gasteiger charge is 2.70. The van der Waals surface area contributed by atoms with Gasteiger partial charge in [0.1, 0.15) is 6.10 Å². The van der Waals surface area contributed by atoms with E-state index in [1.807, 2.05) is 6.08 Å². The van der Waals surface area contributed by atoms with Crippen molar-refractivity contribution >= 4 is 11.8 Å². The summed E-state index contributed by atoms with van der Waals surface area (Å²) in [6, 6.07) is 0. The SMILES string of the molecule is C=CCC(=O)OC1C2C[C@@H]2C2C3C=CC4=CC(=O)CCC4C3CCC12C.